The normalized spacial score (nSPS) is 17.1. The topological polar surface area (TPSA) is 41.1 Å². The summed E-state index contributed by atoms with van der Waals surface area (Å²) in [6, 6.07) is 8.66. The first-order valence-corrected chi connectivity index (χ1v) is 7.69. The molecule has 0 saturated carbocycles. The molecule has 0 aliphatic carbocycles. The van der Waals surface area contributed by atoms with Crippen molar-refractivity contribution >= 4 is 18.3 Å². The second-order valence-electron chi connectivity index (χ2n) is 6.08. The third kappa shape index (κ3) is 5.01. The zero-order chi connectivity index (χ0) is 14.5. The van der Waals surface area contributed by atoms with Gasteiger partial charge in [-0.3, -0.25) is 4.79 Å². The summed E-state index contributed by atoms with van der Waals surface area (Å²) in [4.78, 5) is 12.2. The monoisotopic (exact) mass is 310 g/mol. The van der Waals surface area contributed by atoms with Gasteiger partial charge < -0.3 is 10.6 Å². The molecule has 2 N–H and O–H groups in total. The SMILES string of the molecule is CC(C)c1ccc(C(C)NC(=O)C2CCNCC2)cc1.Cl. The molecule has 1 aliphatic rings. The van der Waals surface area contributed by atoms with Crippen molar-refractivity contribution in [1.82, 2.24) is 10.6 Å². The molecule has 4 heteroatoms. The van der Waals surface area contributed by atoms with Crippen LogP contribution < -0.4 is 10.6 Å². The maximum atomic E-state index is 12.2. The summed E-state index contributed by atoms with van der Waals surface area (Å²) in [6.45, 7) is 8.35. The minimum Gasteiger partial charge on any atom is -0.349 e. The predicted molar refractivity (Wildman–Crippen MR) is 89.9 cm³/mol. The van der Waals surface area contributed by atoms with E-state index < -0.39 is 0 Å². The average Bonchev–Trinajstić information content (AvgIpc) is 2.48. The van der Waals surface area contributed by atoms with E-state index in [1.54, 1.807) is 0 Å². The Kier molecular flexibility index (Phi) is 7.20. The van der Waals surface area contributed by atoms with Crippen LogP contribution in [0.2, 0.25) is 0 Å². The van der Waals surface area contributed by atoms with Crippen LogP contribution in [-0.4, -0.2) is 19.0 Å². The van der Waals surface area contributed by atoms with Gasteiger partial charge in [0.25, 0.3) is 0 Å². The van der Waals surface area contributed by atoms with Gasteiger partial charge in [0.15, 0.2) is 0 Å². The van der Waals surface area contributed by atoms with Crippen LogP contribution in [0.15, 0.2) is 24.3 Å². The molecular weight excluding hydrogens is 284 g/mol. The molecule has 1 aliphatic heterocycles. The van der Waals surface area contributed by atoms with Crippen molar-refractivity contribution < 1.29 is 4.79 Å². The minimum atomic E-state index is 0. The lowest BCUT2D eigenvalue weighted by Crippen LogP contribution is -2.39. The molecule has 1 heterocycles. The molecule has 1 aromatic rings. The van der Waals surface area contributed by atoms with Crippen molar-refractivity contribution in [3.8, 4) is 0 Å². The lowest BCUT2D eigenvalue weighted by Gasteiger charge is -2.24. The molecule has 118 valence electrons. The molecule has 1 saturated heterocycles. The van der Waals surface area contributed by atoms with E-state index in [1.165, 1.54) is 11.1 Å². The van der Waals surface area contributed by atoms with Crippen LogP contribution in [0, 0.1) is 5.92 Å². The van der Waals surface area contributed by atoms with Gasteiger partial charge in [0, 0.05) is 5.92 Å². The molecule has 0 aromatic heterocycles. The van der Waals surface area contributed by atoms with Crippen molar-refractivity contribution in [2.24, 2.45) is 5.92 Å². The smallest absolute Gasteiger partial charge is 0.223 e. The highest BCUT2D eigenvalue weighted by Gasteiger charge is 2.22. The Morgan fingerprint density at radius 2 is 1.62 bits per heavy atom. The first-order chi connectivity index (χ1) is 9.58. The number of amides is 1. The molecular formula is C17H27ClN2O. The number of carbonyl (C=O) groups is 1. The average molecular weight is 311 g/mol. The lowest BCUT2D eigenvalue weighted by atomic mass is 9.96. The van der Waals surface area contributed by atoms with Crippen molar-refractivity contribution in [2.45, 2.75) is 45.6 Å². The Balaban J connectivity index is 0.00000220. The Labute approximate surface area is 134 Å². The molecule has 2 rings (SSSR count). The summed E-state index contributed by atoms with van der Waals surface area (Å²) >= 11 is 0. The minimum absolute atomic E-state index is 0. The zero-order valence-corrected chi connectivity index (χ0v) is 14.0. The largest absolute Gasteiger partial charge is 0.349 e. The number of hydrogen-bond donors (Lipinski definition) is 2. The summed E-state index contributed by atoms with van der Waals surface area (Å²) in [5, 5.41) is 6.44. The van der Waals surface area contributed by atoms with Gasteiger partial charge in [-0.25, -0.2) is 0 Å². The Morgan fingerprint density at radius 3 is 2.14 bits per heavy atom. The highest BCUT2D eigenvalue weighted by molar-refractivity contribution is 5.85. The first-order valence-electron chi connectivity index (χ1n) is 7.69. The number of nitrogens with one attached hydrogen (secondary N) is 2. The van der Waals surface area contributed by atoms with E-state index in [1.807, 2.05) is 0 Å². The molecule has 0 bridgehead atoms. The number of hydrogen-bond acceptors (Lipinski definition) is 2. The van der Waals surface area contributed by atoms with Gasteiger partial charge >= 0.3 is 0 Å². The van der Waals surface area contributed by atoms with Crippen molar-refractivity contribution in [3.05, 3.63) is 35.4 Å². The van der Waals surface area contributed by atoms with Gasteiger partial charge in [0.2, 0.25) is 5.91 Å². The van der Waals surface area contributed by atoms with Crippen LogP contribution >= 0.6 is 12.4 Å². The Morgan fingerprint density at radius 1 is 1.10 bits per heavy atom. The summed E-state index contributed by atoms with van der Waals surface area (Å²) < 4.78 is 0. The van der Waals surface area contributed by atoms with E-state index in [9.17, 15) is 4.79 Å². The van der Waals surface area contributed by atoms with E-state index in [0.717, 1.165) is 25.9 Å². The number of benzene rings is 1. The van der Waals surface area contributed by atoms with Crippen molar-refractivity contribution in [3.63, 3.8) is 0 Å². The molecule has 1 unspecified atom stereocenters. The van der Waals surface area contributed by atoms with Gasteiger partial charge in [-0.15, -0.1) is 12.4 Å². The third-order valence-electron chi connectivity index (χ3n) is 4.17. The van der Waals surface area contributed by atoms with Crippen LogP contribution in [0.5, 0.6) is 0 Å². The van der Waals surface area contributed by atoms with Gasteiger partial charge in [-0.1, -0.05) is 38.1 Å². The van der Waals surface area contributed by atoms with Gasteiger partial charge in [-0.2, -0.15) is 0 Å². The quantitative estimate of drug-likeness (QED) is 0.895. The number of carbonyl (C=O) groups excluding carboxylic acids is 1. The molecule has 1 atom stereocenters. The van der Waals surface area contributed by atoms with Crippen molar-refractivity contribution in [2.75, 3.05) is 13.1 Å². The molecule has 21 heavy (non-hydrogen) atoms. The van der Waals surface area contributed by atoms with Gasteiger partial charge in [0.05, 0.1) is 6.04 Å². The molecule has 1 amide bonds. The standard InChI is InChI=1S/C17H26N2O.ClH/c1-12(2)14-4-6-15(7-5-14)13(3)19-17(20)16-8-10-18-11-9-16;/h4-7,12-13,16,18H,8-11H2,1-3H3,(H,19,20);1H. The van der Waals surface area contributed by atoms with E-state index in [-0.39, 0.29) is 30.3 Å². The van der Waals surface area contributed by atoms with E-state index in [0.29, 0.717) is 5.92 Å². The molecule has 0 radical (unpaired) electrons. The fraction of sp³-hybridized carbons (Fsp3) is 0.588. The predicted octanol–water partition coefficient (Wildman–Crippen LogP) is 3.41. The van der Waals surface area contributed by atoms with Gasteiger partial charge in [-0.05, 0) is 49.9 Å². The van der Waals surface area contributed by atoms with Crippen LogP contribution in [-0.2, 0) is 4.79 Å². The fourth-order valence-corrected chi connectivity index (χ4v) is 2.67. The number of piperidine rings is 1. The lowest BCUT2D eigenvalue weighted by molar-refractivity contribution is -0.126. The van der Waals surface area contributed by atoms with E-state index >= 15 is 0 Å². The van der Waals surface area contributed by atoms with Crippen LogP contribution in [0.25, 0.3) is 0 Å². The highest BCUT2D eigenvalue weighted by Crippen LogP contribution is 2.20. The van der Waals surface area contributed by atoms with Crippen LogP contribution in [0.3, 0.4) is 0 Å². The maximum absolute atomic E-state index is 12.2. The second-order valence-corrected chi connectivity index (χ2v) is 6.08. The molecule has 0 spiro atoms. The summed E-state index contributed by atoms with van der Waals surface area (Å²) in [6.07, 6.45) is 1.90. The van der Waals surface area contributed by atoms with Crippen LogP contribution in [0.1, 0.15) is 56.7 Å². The van der Waals surface area contributed by atoms with E-state index in [4.69, 9.17) is 0 Å². The van der Waals surface area contributed by atoms with Crippen molar-refractivity contribution in [1.29, 1.82) is 0 Å². The molecule has 3 nitrogen and oxygen atoms in total. The number of halogens is 1. The van der Waals surface area contributed by atoms with Gasteiger partial charge in [0.1, 0.15) is 0 Å². The summed E-state index contributed by atoms with van der Waals surface area (Å²) in [5.41, 5.74) is 2.52. The Bertz CT molecular complexity index is 439. The zero-order valence-electron chi connectivity index (χ0n) is 13.2. The summed E-state index contributed by atoms with van der Waals surface area (Å²) in [5.74, 6) is 0.921. The highest BCUT2D eigenvalue weighted by atomic mass is 35.5. The van der Waals surface area contributed by atoms with E-state index in [2.05, 4.69) is 55.7 Å². The fourth-order valence-electron chi connectivity index (χ4n) is 2.67. The third-order valence-corrected chi connectivity index (χ3v) is 4.17. The van der Waals surface area contributed by atoms with Crippen LogP contribution in [0.4, 0.5) is 0 Å². The second kappa shape index (κ2) is 8.40. The summed E-state index contributed by atoms with van der Waals surface area (Å²) in [7, 11) is 0. The maximum Gasteiger partial charge on any atom is 0.223 e. The molecule has 1 aromatic carbocycles. The molecule has 1 fully saturated rings. The number of rotatable bonds is 4. The Hall–Kier alpha value is -1.06. The first kappa shape index (κ1) is 18.0.